The molecular weight excluding hydrogens is 220 g/mol. The van der Waals surface area contributed by atoms with Crippen molar-refractivity contribution in [2.24, 2.45) is 0 Å². The molecular formula is C12H10N2O3. The summed E-state index contributed by atoms with van der Waals surface area (Å²) in [5, 5.41) is 26.5. The number of benzene rings is 2. The Morgan fingerprint density at radius 2 is 2.00 bits per heavy atom. The molecule has 0 heterocycles. The zero-order valence-corrected chi connectivity index (χ0v) is 8.77. The molecule has 0 atom stereocenters. The molecule has 0 saturated carbocycles. The molecule has 0 aliphatic rings. The van der Waals surface area contributed by atoms with Gasteiger partial charge in [0.2, 0.25) is 0 Å². The summed E-state index contributed by atoms with van der Waals surface area (Å²) in [5.41, 5.74) is 2.49. The van der Waals surface area contributed by atoms with Gasteiger partial charge in [-0.3, -0.25) is 16.1 Å². The first-order chi connectivity index (χ1) is 8.13. The number of carboxylic acids is 1. The minimum Gasteiger partial charge on any atom is -0.478 e. The summed E-state index contributed by atoms with van der Waals surface area (Å²) in [6, 6.07) is 9.77. The smallest absolute Gasteiger partial charge is 0.335 e. The molecule has 17 heavy (non-hydrogen) atoms. The number of fused-ring (bicyclic) bond motifs is 1. The van der Waals surface area contributed by atoms with Crippen LogP contribution in [0.4, 0.5) is 0 Å². The van der Waals surface area contributed by atoms with Crippen molar-refractivity contribution in [3.63, 3.8) is 0 Å². The third kappa shape index (κ3) is 1.95. The van der Waals surface area contributed by atoms with E-state index in [2.05, 4.69) is 0 Å². The van der Waals surface area contributed by atoms with E-state index in [-0.39, 0.29) is 11.4 Å². The van der Waals surface area contributed by atoms with Gasteiger partial charge in [-0.2, -0.15) is 0 Å². The topological polar surface area (TPSA) is 93.4 Å². The highest BCUT2D eigenvalue weighted by atomic mass is 16.5. The van der Waals surface area contributed by atoms with E-state index in [0.29, 0.717) is 16.3 Å². The maximum absolute atomic E-state index is 10.8. The van der Waals surface area contributed by atoms with E-state index in [0.717, 1.165) is 0 Å². The molecule has 0 spiro atoms. The number of hydrogen-bond donors (Lipinski definition) is 4. The third-order valence-electron chi connectivity index (χ3n) is 2.51. The Balaban J connectivity index is 2.67. The normalized spacial score (nSPS) is 10.2. The van der Waals surface area contributed by atoms with Crippen molar-refractivity contribution in [2.45, 2.75) is 0 Å². The summed E-state index contributed by atoms with van der Waals surface area (Å²) in [6.45, 7) is 0. The number of hydroxylamine groups is 1. The molecule has 0 aliphatic heterocycles. The number of hydrogen-bond acceptors (Lipinski definition) is 3. The van der Waals surface area contributed by atoms with Gasteiger partial charge in [0.1, 0.15) is 5.84 Å². The lowest BCUT2D eigenvalue weighted by molar-refractivity contribution is 0.0697. The fourth-order valence-electron chi connectivity index (χ4n) is 1.69. The second-order valence-electron chi connectivity index (χ2n) is 3.53. The molecule has 5 heteroatoms. The molecule has 2 aromatic carbocycles. The maximum atomic E-state index is 10.8. The van der Waals surface area contributed by atoms with Crippen molar-refractivity contribution in [2.75, 3.05) is 0 Å². The quantitative estimate of drug-likeness (QED) is 0.360. The molecule has 0 radical (unpaired) electrons. The van der Waals surface area contributed by atoms with Crippen LogP contribution < -0.4 is 5.48 Å². The first kappa shape index (κ1) is 11.1. The molecule has 0 saturated heterocycles. The molecule has 2 aromatic rings. The Morgan fingerprint density at radius 1 is 1.24 bits per heavy atom. The second-order valence-corrected chi connectivity index (χ2v) is 3.53. The number of rotatable bonds is 2. The average Bonchev–Trinajstić information content (AvgIpc) is 2.36. The minimum absolute atomic E-state index is 0.126. The Morgan fingerprint density at radius 3 is 2.65 bits per heavy atom. The fraction of sp³-hybridized carbons (Fsp3) is 0. The molecule has 0 aromatic heterocycles. The Kier molecular flexibility index (Phi) is 2.76. The van der Waals surface area contributed by atoms with Crippen LogP contribution in [0.5, 0.6) is 0 Å². The van der Waals surface area contributed by atoms with Crippen LogP contribution in [0.2, 0.25) is 0 Å². The van der Waals surface area contributed by atoms with E-state index in [9.17, 15) is 4.79 Å². The number of carboxylic acid groups (broad SMARTS) is 1. The van der Waals surface area contributed by atoms with Gasteiger partial charge in [0.15, 0.2) is 0 Å². The largest absolute Gasteiger partial charge is 0.478 e. The van der Waals surface area contributed by atoms with Gasteiger partial charge in [-0.15, -0.1) is 0 Å². The average molecular weight is 230 g/mol. The first-order valence-corrected chi connectivity index (χ1v) is 4.88. The van der Waals surface area contributed by atoms with Crippen LogP contribution in [0.1, 0.15) is 15.9 Å². The van der Waals surface area contributed by atoms with Gasteiger partial charge in [0.25, 0.3) is 0 Å². The first-order valence-electron chi connectivity index (χ1n) is 4.88. The van der Waals surface area contributed by atoms with Crippen LogP contribution in [0, 0.1) is 5.41 Å². The van der Waals surface area contributed by atoms with Gasteiger partial charge in [0, 0.05) is 5.56 Å². The molecule has 0 fully saturated rings. The second kappa shape index (κ2) is 4.23. The molecule has 2 rings (SSSR count). The van der Waals surface area contributed by atoms with Crippen LogP contribution in [-0.4, -0.2) is 22.1 Å². The van der Waals surface area contributed by atoms with Crippen LogP contribution in [0.25, 0.3) is 10.8 Å². The molecule has 0 unspecified atom stereocenters. The number of carbonyl (C=O) groups is 1. The predicted octanol–water partition coefficient (Wildman–Crippen LogP) is 1.84. The number of amidine groups is 1. The lowest BCUT2D eigenvalue weighted by Crippen LogP contribution is -2.18. The van der Waals surface area contributed by atoms with E-state index in [4.69, 9.17) is 15.7 Å². The van der Waals surface area contributed by atoms with Crippen molar-refractivity contribution in [1.29, 1.82) is 5.41 Å². The zero-order chi connectivity index (χ0) is 12.4. The molecule has 86 valence electrons. The molecule has 0 bridgehead atoms. The molecule has 0 aliphatic carbocycles. The van der Waals surface area contributed by atoms with Crippen molar-refractivity contribution >= 4 is 22.6 Å². The van der Waals surface area contributed by atoms with Gasteiger partial charge in [-0.1, -0.05) is 24.3 Å². The van der Waals surface area contributed by atoms with E-state index in [1.165, 1.54) is 12.1 Å². The van der Waals surface area contributed by atoms with Gasteiger partial charge < -0.3 is 5.11 Å². The van der Waals surface area contributed by atoms with Crippen LogP contribution >= 0.6 is 0 Å². The highest BCUT2D eigenvalue weighted by molar-refractivity contribution is 6.08. The highest BCUT2D eigenvalue weighted by Crippen LogP contribution is 2.20. The Labute approximate surface area is 96.8 Å². The standard InChI is InChI=1S/C12H10N2O3/c13-11(14-17)10-3-1-2-7-6-8(12(15)16)4-5-9(7)10/h1-6,17H,(H2,13,14)(H,15,16). The number of aromatic carboxylic acids is 1. The van der Waals surface area contributed by atoms with Gasteiger partial charge in [-0.25, -0.2) is 4.79 Å². The van der Waals surface area contributed by atoms with Crippen molar-refractivity contribution < 1.29 is 15.1 Å². The van der Waals surface area contributed by atoms with E-state index in [1.54, 1.807) is 29.7 Å². The zero-order valence-electron chi connectivity index (χ0n) is 8.77. The summed E-state index contributed by atoms with van der Waals surface area (Å²) in [4.78, 5) is 10.8. The molecule has 4 N–H and O–H groups in total. The van der Waals surface area contributed by atoms with E-state index >= 15 is 0 Å². The summed E-state index contributed by atoms with van der Waals surface area (Å²) < 4.78 is 0. The van der Waals surface area contributed by atoms with Crippen molar-refractivity contribution in [3.05, 3.63) is 47.5 Å². The Bertz CT molecular complexity index is 608. The summed E-state index contributed by atoms with van der Waals surface area (Å²) in [6.07, 6.45) is 0. The molecule has 0 amide bonds. The highest BCUT2D eigenvalue weighted by Gasteiger charge is 2.08. The van der Waals surface area contributed by atoms with E-state index < -0.39 is 5.97 Å². The minimum atomic E-state index is -0.993. The van der Waals surface area contributed by atoms with Crippen molar-refractivity contribution in [3.8, 4) is 0 Å². The van der Waals surface area contributed by atoms with Crippen LogP contribution in [0.3, 0.4) is 0 Å². The van der Waals surface area contributed by atoms with Gasteiger partial charge >= 0.3 is 5.97 Å². The molecule has 5 nitrogen and oxygen atoms in total. The SMILES string of the molecule is N=C(NO)c1cccc2cc(C(=O)O)ccc12. The number of nitrogens with one attached hydrogen (secondary N) is 2. The predicted molar refractivity (Wildman–Crippen MR) is 62.7 cm³/mol. The van der Waals surface area contributed by atoms with Crippen molar-refractivity contribution in [1.82, 2.24) is 5.48 Å². The Hall–Kier alpha value is -2.40. The van der Waals surface area contributed by atoms with Gasteiger partial charge in [-0.05, 0) is 22.9 Å². The van der Waals surface area contributed by atoms with E-state index in [1.807, 2.05) is 0 Å². The summed E-state index contributed by atoms with van der Waals surface area (Å²) in [7, 11) is 0. The van der Waals surface area contributed by atoms with Crippen LogP contribution in [-0.2, 0) is 0 Å². The van der Waals surface area contributed by atoms with Crippen LogP contribution in [0.15, 0.2) is 36.4 Å². The fourth-order valence-corrected chi connectivity index (χ4v) is 1.69. The third-order valence-corrected chi connectivity index (χ3v) is 2.51. The summed E-state index contributed by atoms with van der Waals surface area (Å²) in [5.74, 6) is -1.12. The lowest BCUT2D eigenvalue weighted by Gasteiger charge is -2.07. The summed E-state index contributed by atoms with van der Waals surface area (Å²) >= 11 is 0. The maximum Gasteiger partial charge on any atom is 0.335 e. The monoisotopic (exact) mass is 230 g/mol. The van der Waals surface area contributed by atoms with Gasteiger partial charge in [0.05, 0.1) is 5.56 Å². The lowest BCUT2D eigenvalue weighted by atomic mass is 10.0.